The van der Waals surface area contributed by atoms with Crippen LogP contribution in [0.5, 0.6) is 11.5 Å². The van der Waals surface area contributed by atoms with E-state index in [4.69, 9.17) is 21.1 Å². The molecule has 0 bridgehead atoms. The van der Waals surface area contributed by atoms with Gasteiger partial charge in [0, 0.05) is 36.1 Å². The van der Waals surface area contributed by atoms with Crippen LogP contribution in [0.1, 0.15) is 46.1 Å². The van der Waals surface area contributed by atoms with Crippen LogP contribution >= 0.6 is 11.6 Å². The van der Waals surface area contributed by atoms with Gasteiger partial charge in [-0.05, 0) is 63.9 Å². The van der Waals surface area contributed by atoms with Crippen LogP contribution in [0.2, 0.25) is 5.02 Å². The third-order valence-corrected chi connectivity index (χ3v) is 7.30. The van der Waals surface area contributed by atoms with Crippen LogP contribution in [-0.2, 0) is 26.2 Å². The van der Waals surface area contributed by atoms with Gasteiger partial charge >= 0.3 is 0 Å². The number of fused-ring (bicyclic) bond motifs is 1. The van der Waals surface area contributed by atoms with E-state index in [0.717, 1.165) is 11.8 Å². The third kappa shape index (κ3) is 8.26. The van der Waals surface area contributed by atoms with E-state index in [0.29, 0.717) is 35.4 Å². The molecule has 208 valence electrons. The Labute approximate surface area is 230 Å². The lowest BCUT2D eigenvalue weighted by molar-refractivity contribution is -0.141. The monoisotopic (exact) mass is 565 g/mol. The number of hydrogen-bond donors (Lipinski definition) is 1. The van der Waals surface area contributed by atoms with E-state index in [1.165, 1.54) is 9.21 Å². The first-order valence-electron chi connectivity index (χ1n) is 12.5. The van der Waals surface area contributed by atoms with Crippen molar-refractivity contribution in [3.63, 3.8) is 0 Å². The van der Waals surface area contributed by atoms with Crippen molar-refractivity contribution in [3.8, 4) is 11.5 Å². The van der Waals surface area contributed by atoms with Crippen LogP contribution in [0.4, 0.5) is 5.69 Å². The van der Waals surface area contributed by atoms with Crippen molar-refractivity contribution >= 4 is 39.1 Å². The standard InChI is InChI=1S/C27H36ClN3O6S/c1-19(26(33)29-27(2,3)4)30(18-20-8-6-9-21(28)16-20)25(32)10-7-13-31(38(5,34)35)22-11-12-23-24(17-22)37-15-14-36-23/h6,8-9,11-12,16-17,19H,7,10,13-15,18H2,1-5H3,(H,29,33)/t19-/m0/s1. The second-order valence-corrected chi connectivity index (χ2v) is 12.7. The van der Waals surface area contributed by atoms with Gasteiger partial charge in [-0.25, -0.2) is 8.42 Å². The fourth-order valence-electron chi connectivity index (χ4n) is 4.08. The molecule has 0 radical (unpaired) electrons. The summed E-state index contributed by atoms with van der Waals surface area (Å²) in [6, 6.07) is 11.3. The molecule has 1 aliphatic heterocycles. The van der Waals surface area contributed by atoms with Crippen molar-refractivity contribution in [2.45, 2.75) is 58.7 Å². The van der Waals surface area contributed by atoms with Crippen molar-refractivity contribution < 1.29 is 27.5 Å². The SMILES string of the molecule is C[C@@H](C(=O)NC(C)(C)C)N(Cc1cccc(Cl)c1)C(=O)CCCN(c1ccc2c(c1)OCCO2)S(C)(=O)=O. The Morgan fingerprint density at radius 3 is 2.39 bits per heavy atom. The zero-order chi connectivity index (χ0) is 28.1. The summed E-state index contributed by atoms with van der Waals surface area (Å²) in [6.45, 7) is 8.39. The normalized spacial score (nSPS) is 13.9. The molecule has 0 saturated heterocycles. The van der Waals surface area contributed by atoms with Crippen LogP contribution < -0.4 is 19.1 Å². The average molecular weight is 566 g/mol. The molecule has 2 aromatic rings. The predicted molar refractivity (Wildman–Crippen MR) is 148 cm³/mol. The van der Waals surface area contributed by atoms with E-state index < -0.39 is 21.6 Å². The number of nitrogens with zero attached hydrogens (tertiary/aromatic N) is 2. The summed E-state index contributed by atoms with van der Waals surface area (Å²) in [4.78, 5) is 27.9. The van der Waals surface area contributed by atoms with Gasteiger partial charge in [-0.15, -0.1) is 0 Å². The maximum absolute atomic E-state index is 13.4. The van der Waals surface area contributed by atoms with E-state index in [-0.39, 0.29) is 37.7 Å². The molecule has 1 aliphatic rings. The molecule has 38 heavy (non-hydrogen) atoms. The molecule has 3 rings (SSSR count). The fourth-order valence-corrected chi connectivity index (χ4v) is 5.25. The number of hydrogen-bond acceptors (Lipinski definition) is 6. The van der Waals surface area contributed by atoms with Crippen molar-refractivity contribution in [1.82, 2.24) is 10.2 Å². The van der Waals surface area contributed by atoms with Crippen LogP contribution in [0, 0.1) is 0 Å². The van der Waals surface area contributed by atoms with Gasteiger partial charge in [-0.2, -0.15) is 0 Å². The Morgan fingerprint density at radius 2 is 1.76 bits per heavy atom. The molecule has 0 unspecified atom stereocenters. The Balaban J connectivity index is 1.75. The number of carbonyl (C=O) groups excluding carboxylic acids is 2. The minimum absolute atomic E-state index is 0.0459. The van der Waals surface area contributed by atoms with Crippen LogP contribution in [0.25, 0.3) is 0 Å². The molecule has 0 aliphatic carbocycles. The summed E-state index contributed by atoms with van der Waals surface area (Å²) < 4.78 is 37.6. The minimum atomic E-state index is -3.63. The van der Waals surface area contributed by atoms with Gasteiger partial charge < -0.3 is 19.7 Å². The largest absolute Gasteiger partial charge is 0.486 e. The van der Waals surface area contributed by atoms with Crippen molar-refractivity contribution in [1.29, 1.82) is 0 Å². The van der Waals surface area contributed by atoms with E-state index in [9.17, 15) is 18.0 Å². The second kappa shape index (κ2) is 12.3. The Morgan fingerprint density at radius 1 is 1.08 bits per heavy atom. The number of sulfonamides is 1. The molecule has 1 atom stereocenters. The summed E-state index contributed by atoms with van der Waals surface area (Å²) in [6.07, 6.45) is 1.42. The van der Waals surface area contributed by atoms with Crippen molar-refractivity contribution in [2.24, 2.45) is 0 Å². The zero-order valence-corrected chi connectivity index (χ0v) is 24.1. The molecule has 1 heterocycles. The second-order valence-electron chi connectivity index (χ2n) is 10.3. The number of ether oxygens (including phenoxy) is 2. The molecule has 9 nitrogen and oxygen atoms in total. The van der Waals surface area contributed by atoms with Gasteiger partial charge in [0.15, 0.2) is 11.5 Å². The van der Waals surface area contributed by atoms with Gasteiger partial charge in [-0.1, -0.05) is 23.7 Å². The Kier molecular flexibility index (Phi) is 9.54. The molecule has 0 saturated carbocycles. The number of halogens is 1. The van der Waals surface area contributed by atoms with Crippen LogP contribution in [0.3, 0.4) is 0 Å². The fraction of sp³-hybridized carbons (Fsp3) is 0.481. The van der Waals surface area contributed by atoms with E-state index >= 15 is 0 Å². The lowest BCUT2D eigenvalue weighted by Crippen LogP contribution is -2.52. The summed E-state index contributed by atoms with van der Waals surface area (Å²) >= 11 is 6.14. The lowest BCUT2D eigenvalue weighted by Gasteiger charge is -2.32. The van der Waals surface area contributed by atoms with Crippen molar-refractivity contribution in [2.75, 3.05) is 30.3 Å². The molecule has 0 aromatic heterocycles. The zero-order valence-electron chi connectivity index (χ0n) is 22.5. The number of amides is 2. The highest BCUT2D eigenvalue weighted by molar-refractivity contribution is 7.92. The van der Waals surface area contributed by atoms with E-state index in [2.05, 4.69) is 5.32 Å². The van der Waals surface area contributed by atoms with Gasteiger partial charge in [0.25, 0.3) is 0 Å². The smallest absolute Gasteiger partial charge is 0.242 e. The topological polar surface area (TPSA) is 105 Å². The van der Waals surface area contributed by atoms with Gasteiger partial charge in [0.2, 0.25) is 21.8 Å². The van der Waals surface area contributed by atoms with Gasteiger partial charge in [0.1, 0.15) is 19.3 Å². The highest BCUT2D eigenvalue weighted by Crippen LogP contribution is 2.34. The van der Waals surface area contributed by atoms with Crippen LogP contribution in [-0.4, -0.2) is 62.7 Å². The molecule has 2 amide bonds. The summed E-state index contributed by atoms with van der Waals surface area (Å²) in [5, 5.41) is 3.46. The summed E-state index contributed by atoms with van der Waals surface area (Å²) in [5.74, 6) is 0.492. The Bertz CT molecular complexity index is 1260. The molecule has 11 heteroatoms. The highest BCUT2D eigenvalue weighted by Gasteiger charge is 2.29. The number of nitrogens with one attached hydrogen (secondary N) is 1. The quantitative estimate of drug-likeness (QED) is 0.467. The van der Waals surface area contributed by atoms with Gasteiger partial charge in [0.05, 0.1) is 11.9 Å². The highest BCUT2D eigenvalue weighted by atomic mass is 35.5. The number of rotatable bonds is 10. The first kappa shape index (κ1) is 29.6. The number of anilines is 1. The molecule has 1 N–H and O–H groups in total. The van der Waals surface area contributed by atoms with Gasteiger partial charge in [-0.3, -0.25) is 13.9 Å². The molecule has 0 fully saturated rings. The minimum Gasteiger partial charge on any atom is -0.486 e. The van der Waals surface area contributed by atoms with E-state index in [1.807, 2.05) is 26.8 Å². The summed E-state index contributed by atoms with van der Waals surface area (Å²) in [7, 11) is -3.63. The number of benzene rings is 2. The first-order chi connectivity index (χ1) is 17.7. The molecular formula is C27H36ClN3O6S. The Hall–Kier alpha value is -2.98. The third-order valence-electron chi connectivity index (χ3n) is 5.87. The first-order valence-corrected chi connectivity index (χ1v) is 14.7. The van der Waals surface area contributed by atoms with E-state index in [1.54, 1.807) is 43.3 Å². The average Bonchev–Trinajstić information content (AvgIpc) is 2.82. The molecular weight excluding hydrogens is 530 g/mol. The van der Waals surface area contributed by atoms with Crippen LogP contribution in [0.15, 0.2) is 42.5 Å². The van der Waals surface area contributed by atoms with Crippen molar-refractivity contribution in [3.05, 3.63) is 53.1 Å². The number of carbonyl (C=O) groups is 2. The molecule has 0 spiro atoms. The predicted octanol–water partition coefficient (Wildman–Crippen LogP) is 3.99. The maximum atomic E-state index is 13.4. The molecule has 2 aromatic carbocycles. The lowest BCUT2D eigenvalue weighted by atomic mass is 10.1. The maximum Gasteiger partial charge on any atom is 0.242 e. The summed E-state index contributed by atoms with van der Waals surface area (Å²) in [5.41, 5.74) is 0.753.